The van der Waals surface area contributed by atoms with Crippen LogP contribution in [-0.4, -0.2) is 18.6 Å². The zero-order chi connectivity index (χ0) is 18.2. The molecule has 2 N–H and O–H groups in total. The first-order chi connectivity index (χ1) is 12.0. The number of nitrogens with one attached hydrogen (secondary N) is 2. The van der Waals surface area contributed by atoms with E-state index in [1.54, 1.807) is 19.1 Å². The van der Waals surface area contributed by atoms with Crippen molar-refractivity contribution in [2.45, 2.75) is 33.6 Å². The number of hydrogen-bond donors (Lipinski definition) is 2. The highest BCUT2D eigenvalue weighted by molar-refractivity contribution is 5.94. The second-order valence-corrected chi connectivity index (χ2v) is 5.86. The van der Waals surface area contributed by atoms with Gasteiger partial charge in [-0.3, -0.25) is 10.1 Å². The van der Waals surface area contributed by atoms with Crippen molar-refractivity contribution in [1.82, 2.24) is 0 Å². The summed E-state index contributed by atoms with van der Waals surface area (Å²) < 4.78 is 4.88. The molecule has 2 rings (SSSR count). The van der Waals surface area contributed by atoms with Gasteiger partial charge in [-0.1, -0.05) is 35.9 Å². The molecule has 0 aliphatic heterocycles. The highest BCUT2D eigenvalue weighted by Gasteiger charge is 2.10. The molecule has 0 aliphatic carbocycles. The minimum absolute atomic E-state index is 0.0575. The number of carbonyl (C=O) groups excluding carboxylic acids is 2. The third-order valence-corrected chi connectivity index (χ3v) is 3.84. The number of anilines is 2. The van der Waals surface area contributed by atoms with E-state index < -0.39 is 6.09 Å². The summed E-state index contributed by atoms with van der Waals surface area (Å²) in [5, 5.41) is 5.59. The Labute approximate surface area is 148 Å². The van der Waals surface area contributed by atoms with Gasteiger partial charge in [0, 0.05) is 17.8 Å². The normalized spacial score (nSPS) is 10.2. The van der Waals surface area contributed by atoms with Gasteiger partial charge in [0.2, 0.25) is 5.91 Å². The lowest BCUT2D eigenvalue weighted by Gasteiger charge is -2.13. The molecule has 0 atom stereocenters. The fraction of sp³-hybridized carbons (Fsp3) is 0.300. The average molecular weight is 340 g/mol. The van der Waals surface area contributed by atoms with E-state index in [0.29, 0.717) is 30.8 Å². The Morgan fingerprint density at radius 2 is 1.68 bits per heavy atom. The Morgan fingerprint density at radius 1 is 1.00 bits per heavy atom. The Bertz CT molecular complexity index is 756. The fourth-order valence-corrected chi connectivity index (χ4v) is 2.52. The summed E-state index contributed by atoms with van der Waals surface area (Å²) in [7, 11) is 0. The van der Waals surface area contributed by atoms with Crippen LogP contribution in [0.1, 0.15) is 30.0 Å². The third-order valence-electron chi connectivity index (χ3n) is 3.84. The van der Waals surface area contributed by atoms with Crippen LogP contribution in [0.3, 0.4) is 0 Å². The molecule has 0 saturated heterocycles. The molecule has 0 unspecified atom stereocenters. The molecule has 132 valence electrons. The molecule has 0 spiro atoms. The number of aryl methyl sites for hydroxylation is 2. The first-order valence-electron chi connectivity index (χ1n) is 8.38. The molecule has 0 saturated carbocycles. The molecule has 0 radical (unpaired) electrons. The highest BCUT2D eigenvalue weighted by Crippen LogP contribution is 2.23. The van der Waals surface area contributed by atoms with Crippen LogP contribution in [0.25, 0.3) is 0 Å². The molecule has 25 heavy (non-hydrogen) atoms. The molecular weight excluding hydrogens is 316 g/mol. The molecule has 2 aromatic carbocycles. The van der Waals surface area contributed by atoms with E-state index in [1.807, 2.05) is 38.1 Å². The quantitative estimate of drug-likeness (QED) is 0.817. The highest BCUT2D eigenvalue weighted by atomic mass is 16.5. The molecule has 0 aliphatic rings. The largest absolute Gasteiger partial charge is 0.450 e. The number of carbonyl (C=O) groups is 2. The molecule has 0 bridgehead atoms. The van der Waals surface area contributed by atoms with E-state index in [1.165, 1.54) is 5.56 Å². The predicted molar refractivity (Wildman–Crippen MR) is 100.0 cm³/mol. The van der Waals surface area contributed by atoms with Gasteiger partial charge < -0.3 is 10.1 Å². The van der Waals surface area contributed by atoms with Gasteiger partial charge in [-0.25, -0.2) is 4.79 Å². The van der Waals surface area contributed by atoms with Gasteiger partial charge in [0.05, 0.1) is 6.61 Å². The van der Waals surface area contributed by atoms with Crippen molar-refractivity contribution in [3.8, 4) is 0 Å². The Balaban J connectivity index is 1.97. The first-order valence-corrected chi connectivity index (χ1v) is 8.38. The zero-order valence-corrected chi connectivity index (χ0v) is 14.9. The minimum atomic E-state index is -0.506. The summed E-state index contributed by atoms with van der Waals surface area (Å²) >= 11 is 0. The molecule has 0 fully saturated rings. The summed E-state index contributed by atoms with van der Waals surface area (Å²) in [4.78, 5) is 23.8. The second-order valence-electron chi connectivity index (χ2n) is 5.86. The van der Waals surface area contributed by atoms with Crippen LogP contribution < -0.4 is 10.6 Å². The van der Waals surface area contributed by atoms with Crippen LogP contribution in [0.4, 0.5) is 16.2 Å². The Hall–Kier alpha value is -2.82. The van der Waals surface area contributed by atoms with Crippen molar-refractivity contribution in [3.63, 3.8) is 0 Å². The molecular formula is C20H24N2O3. The summed E-state index contributed by atoms with van der Waals surface area (Å²) in [6.07, 6.45) is 0.583. The van der Waals surface area contributed by atoms with E-state index in [0.717, 1.165) is 11.1 Å². The van der Waals surface area contributed by atoms with E-state index in [4.69, 9.17) is 4.74 Å². The number of benzene rings is 2. The molecule has 0 aromatic heterocycles. The smallest absolute Gasteiger partial charge is 0.411 e. The maximum absolute atomic E-state index is 12.2. The van der Waals surface area contributed by atoms with Crippen molar-refractivity contribution in [2.75, 3.05) is 17.2 Å². The molecule has 5 nitrogen and oxygen atoms in total. The van der Waals surface area contributed by atoms with Crippen LogP contribution in [0.2, 0.25) is 0 Å². The monoisotopic (exact) mass is 340 g/mol. The van der Waals surface area contributed by atoms with E-state index in [9.17, 15) is 9.59 Å². The van der Waals surface area contributed by atoms with Crippen LogP contribution in [-0.2, 0) is 16.0 Å². The third kappa shape index (κ3) is 5.64. The number of ether oxygens (including phenoxy) is 1. The average Bonchev–Trinajstić information content (AvgIpc) is 2.57. The lowest BCUT2D eigenvalue weighted by atomic mass is 10.1. The van der Waals surface area contributed by atoms with Crippen LogP contribution in [0.5, 0.6) is 0 Å². The molecule has 5 heteroatoms. The topological polar surface area (TPSA) is 67.4 Å². The van der Waals surface area contributed by atoms with Crippen molar-refractivity contribution in [1.29, 1.82) is 0 Å². The van der Waals surface area contributed by atoms with E-state index in [2.05, 4.69) is 16.7 Å². The second kappa shape index (κ2) is 8.87. The lowest BCUT2D eigenvalue weighted by Crippen LogP contribution is -2.16. The summed E-state index contributed by atoms with van der Waals surface area (Å²) in [5.74, 6) is -0.0575. The summed E-state index contributed by atoms with van der Waals surface area (Å²) in [6.45, 7) is 5.93. The van der Waals surface area contributed by atoms with Gasteiger partial charge in [0.1, 0.15) is 0 Å². The standard InChI is InChI=1S/C20H24N2O3/c1-4-25-20(24)22-18-10-6-9-17(15(18)3)21-19(23)12-11-16-8-5-7-14(2)13-16/h5-10,13H,4,11-12H2,1-3H3,(H,21,23)(H,22,24). The van der Waals surface area contributed by atoms with Gasteiger partial charge in [-0.05, 0) is 50.5 Å². The van der Waals surface area contributed by atoms with Crippen molar-refractivity contribution < 1.29 is 14.3 Å². The van der Waals surface area contributed by atoms with Gasteiger partial charge in [0.25, 0.3) is 0 Å². The van der Waals surface area contributed by atoms with Crippen LogP contribution in [0, 0.1) is 13.8 Å². The van der Waals surface area contributed by atoms with E-state index >= 15 is 0 Å². The van der Waals surface area contributed by atoms with Crippen molar-refractivity contribution in [3.05, 3.63) is 59.2 Å². The SMILES string of the molecule is CCOC(=O)Nc1cccc(NC(=O)CCc2cccc(C)c2)c1C. The molecule has 0 heterocycles. The summed E-state index contributed by atoms with van der Waals surface area (Å²) in [6, 6.07) is 13.5. The number of hydrogen-bond acceptors (Lipinski definition) is 3. The van der Waals surface area contributed by atoms with E-state index in [-0.39, 0.29) is 5.91 Å². The van der Waals surface area contributed by atoms with Crippen LogP contribution >= 0.6 is 0 Å². The zero-order valence-electron chi connectivity index (χ0n) is 14.9. The van der Waals surface area contributed by atoms with Crippen LogP contribution in [0.15, 0.2) is 42.5 Å². The summed E-state index contributed by atoms with van der Waals surface area (Å²) in [5.41, 5.74) is 4.43. The van der Waals surface area contributed by atoms with Gasteiger partial charge in [-0.15, -0.1) is 0 Å². The molecule has 2 amide bonds. The Kier molecular flexibility index (Phi) is 6.57. The first kappa shape index (κ1) is 18.5. The maximum atomic E-state index is 12.2. The fourth-order valence-electron chi connectivity index (χ4n) is 2.52. The van der Waals surface area contributed by atoms with Gasteiger partial charge in [0.15, 0.2) is 0 Å². The lowest BCUT2D eigenvalue weighted by molar-refractivity contribution is -0.116. The van der Waals surface area contributed by atoms with Crippen molar-refractivity contribution in [2.24, 2.45) is 0 Å². The number of amides is 2. The maximum Gasteiger partial charge on any atom is 0.411 e. The number of rotatable bonds is 6. The van der Waals surface area contributed by atoms with Crippen molar-refractivity contribution >= 4 is 23.4 Å². The molecule has 2 aromatic rings. The van der Waals surface area contributed by atoms with Gasteiger partial charge in [-0.2, -0.15) is 0 Å². The van der Waals surface area contributed by atoms with Gasteiger partial charge >= 0.3 is 6.09 Å². The predicted octanol–water partition coefficient (Wildman–Crippen LogP) is 4.44. The minimum Gasteiger partial charge on any atom is -0.450 e. The Morgan fingerprint density at radius 3 is 2.36 bits per heavy atom.